The molecule has 0 saturated heterocycles. The molecule has 22 heavy (non-hydrogen) atoms. The van der Waals surface area contributed by atoms with E-state index in [2.05, 4.69) is 9.71 Å². The minimum absolute atomic E-state index is 0.0712. The lowest BCUT2D eigenvalue weighted by molar-refractivity contribution is -0.131. The van der Waals surface area contributed by atoms with Gasteiger partial charge < -0.3 is 4.74 Å². The molecule has 0 aliphatic heterocycles. The van der Waals surface area contributed by atoms with E-state index in [4.69, 9.17) is 16.3 Å². The summed E-state index contributed by atoms with van der Waals surface area (Å²) in [5.41, 5.74) is 0.880. The van der Waals surface area contributed by atoms with Gasteiger partial charge in [-0.3, -0.25) is 9.52 Å². The highest BCUT2D eigenvalue weighted by molar-refractivity contribution is 7.93. The summed E-state index contributed by atoms with van der Waals surface area (Å²) in [4.78, 5) is 15.1. The van der Waals surface area contributed by atoms with E-state index in [1.807, 2.05) is 0 Å². The molecule has 0 aliphatic carbocycles. The number of halogens is 1. The molecule has 0 atom stereocenters. The van der Waals surface area contributed by atoms with Crippen LogP contribution in [0.15, 0.2) is 23.1 Å². The zero-order chi connectivity index (χ0) is 16.5. The van der Waals surface area contributed by atoms with E-state index in [9.17, 15) is 13.2 Å². The smallest absolute Gasteiger partial charge is 0.308 e. The number of benzene rings is 1. The largest absolute Gasteiger partial charge is 0.413 e. The number of nitrogens with zero attached hydrogens (tertiary/aromatic N) is 1. The average Bonchev–Trinajstić information content (AvgIpc) is 2.71. The first kappa shape index (κ1) is 16.7. The van der Waals surface area contributed by atoms with Gasteiger partial charge in [-0.1, -0.05) is 29.0 Å². The van der Waals surface area contributed by atoms with Crippen LogP contribution in [0, 0.1) is 13.8 Å². The van der Waals surface area contributed by atoms with Crippen molar-refractivity contribution in [2.45, 2.75) is 25.7 Å². The van der Waals surface area contributed by atoms with Gasteiger partial charge in [0.25, 0.3) is 10.0 Å². The quantitative estimate of drug-likeness (QED) is 0.846. The van der Waals surface area contributed by atoms with Crippen LogP contribution in [0.4, 0.5) is 5.13 Å². The lowest BCUT2D eigenvalue weighted by atomic mass is 10.2. The van der Waals surface area contributed by atoms with Crippen molar-refractivity contribution >= 4 is 44.1 Å². The van der Waals surface area contributed by atoms with Gasteiger partial charge in [0.1, 0.15) is 0 Å². The van der Waals surface area contributed by atoms with Crippen LogP contribution in [0.3, 0.4) is 0 Å². The number of hydrogen-bond donors (Lipinski definition) is 1. The third-order valence-corrected chi connectivity index (χ3v) is 5.69. The maximum Gasteiger partial charge on any atom is 0.308 e. The van der Waals surface area contributed by atoms with Gasteiger partial charge in [-0.15, -0.1) is 0 Å². The maximum absolute atomic E-state index is 12.4. The highest BCUT2D eigenvalue weighted by Gasteiger charge is 2.21. The molecule has 0 bridgehead atoms. The fourth-order valence-corrected chi connectivity index (χ4v) is 4.29. The number of thiazole rings is 1. The van der Waals surface area contributed by atoms with Crippen LogP contribution in [0.5, 0.6) is 5.06 Å². The molecule has 0 aliphatic rings. The third kappa shape index (κ3) is 3.57. The molecule has 0 spiro atoms. The average molecular weight is 361 g/mol. The van der Waals surface area contributed by atoms with Crippen molar-refractivity contribution in [3.05, 3.63) is 34.5 Å². The summed E-state index contributed by atoms with van der Waals surface area (Å²) < 4.78 is 32.1. The molecule has 1 N–H and O–H groups in total. The van der Waals surface area contributed by atoms with Crippen molar-refractivity contribution in [3.8, 4) is 5.06 Å². The molecule has 9 heteroatoms. The Kier molecular flexibility index (Phi) is 4.74. The predicted molar refractivity (Wildman–Crippen MR) is 85.2 cm³/mol. The molecular weight excluding hydrogens is 348 g/mol. The fourth-order valence-electron chi connectivity index (χ4n) is 1.70. The number of carbonyl (C=O) groups is 1. The minimum Gasteiger partial charge on any atom is -0.413 e. The summed E-state index contributed by atoms with van der Waals surface area (Å²) in [6.45, 7) is 4.50. The van der Waals surface area contributed by atoms with Crippen LogP contribution in [0.25, 0.3) is 0 Å². The van der Waals surface area contributed by atoms with E-state index in [0.717, 1.165) is 11.3 Å². The second-order valence-corrected chi connectivity index (χ2v) is 7.47. The summed E-state index contributed by atoms with van der Waals surface area (Å²) in [6.07, 6.45) is 0. The van der Waals surface area contributed by atoms with Crippen LogP contribution in [-0.4, -0.2) is 19.4 Å². The second-order valence-electron chi connectivity index (χ2n) is 4.45. The Balaban J connectivity index is 2.33. The van der Waals surface area contributed by atoms with Crippen LogP contribution >= 0.6 is 22.9 Å². The zero-order valence-corrected chi connectivity index (χ0v) is 14.4. The summed E-state index contributed by atoms with van der Waals surface area (Å²) in [6, 6.07) is 4.63. The van der Waals surface area contributed by atoms with Gasteiger partial charge in [-0.2, -0.15) is 0 Å². The SMILES string of the molecule is CC(=O)Oc1sc(NS(=O)(=O)c2cccc(Cl)c2C)nc1C. The number of rotatable bonds is 4. The Morgan fingerprint density at radius 3 is 2.68 bits per heavy atom. The van der Waals surface area contributed by atoms with Gasteiger partial charge in [0, 0.05) is 11.9 Å². The number of esters is 1. The molecule has 1 aromatic heterocycles. The van der Waals surface area contributed by atoms with Gasteiger partial charge >= 0.3 is 5.97 Å². The molecule has 0 amide bonds. The van der Waals surface area contributed by atoms with Crippen LogP contribution in [-0.2, 0) is 14.8 Å². The molecule has 1 aromatic carbocycles. The highest BCUT2D eigenvalue weighted by Crippen LogP contribution is 2.32. The topological polar surface area (TPSA) is 85.4 Å². The lowest BCUT2D eigenvalue weighted by Crippen LogP contribution is -2.14. The lowest BCUT2D eigenvalue weighted by Gasteiger charge is -2.08. The molecule has 0 saturated carbocycles. The number of hydrogen-bond acceptors (Lipinski definition) is 6. The summed E-state index contributed by atoms with van der Waals surface area (Å²) in [5, 5.41) is 0.736. The third-order valence-electron chi connectivity index (χ3n) is 2.72. The number of aromatic nitrogens is 1. The molecular formula is C13H13ClN2O4S2. The van der Waals surface area contributed by atoms with Crippen LogP contribution in [0.2, 0.25) is 5.02 Å². The fraction of sp³-hybridized carbons (Fsp3) is 0.231. The zero-order valence-electron chi connectivity index (χ0n) is 12.0. The number of sulfonamides is 1. The number of nitrogens with one attached hydrogen (secondary N) is 1. The number of ether oxygens (including phenoxy) is 1. The minimum atomic E-state index is -3.83. The Morgan fingerprint density at radius 1 is 1.36 bits per heavy atom. The number of aryl methyl sites for hydroxylation is 1. The van der Waals surface area contributed by atoms with Gasteiger partial charge in [-0.05, 0) is 31.5 Å². The van der Waals surface area contributed by atoms with Gasteiger partial charge in [0.15, 0.2) is 5.13 Å². The molecule has 0 radical (unpaired) electrons. The van der Waals surface area contributed by atoms with Crippen LogP contribution in [0.1, 0.15) is 18.2 Å². The molecule has 118 valence electrons. The Labute approximate surface area is 137 Å². The summed E-state index contributed by atoms with van der Waals surface area (Å²) >= 11 is 6.89. The van der Waals surface area contributed by atoms with Gasteiger partial charge in [0.2, 0.25) is 5.06 Å². The highest BCUT2D eigenvalue weighted by atomic mass is 35.5. The number of anilines is 1. The van der Waals surface area contributed by atoms with E-state index in [1.54, 1.807) is 26.0 Å². The summed E-state index contributed by atoms with van der Waals surface area (Å²) in [5.74, 6) is -0.494. The Bertz CT molecular complexity index is 831. The van der Waals surface area contributed by atoms with Gasteiger partial charge in [0.05, 0.1) is 10.6 Å². The first-order chi connectivity index (χ1) is 10.2. The van der Waals surface area contributed by atoms with Crippen molar-refractivity contribution in [3.63, 3.8) is 0 Å². The van der Waals surface area contributed by atoms with Crippen molar-refractivity contribution in [2.24, 2.45) is 0 Å². The maximum atomic E-state index is 12.4. The van der Waals surface area contributed by atoms with Crippen molar-refractivity contribution in [1.82, 2.24) is 4.98 Å². The van der Waals surface area contributed by atoms with Crippen LogP contribution < -0.4 is 9.46 Å². The number of carbonyl (C=O) groups excluding carboxylic acids is 1. The molecule has 2 aromatic rings. The molecule has 2 rings (SSSR count). The van der Waals surface area contributed by atoms with Crippen molar-refractivity contribution in [1.29, 1.82) is 0 Å². The standard InChI is InChI=1S/C13H13ClN2O4S2/c1-7-10(14)5-4-6-11(7)22(18,19)16-13-15-8(2)12(21-13)20-9(3)17/h4-6H,1-3H3,(H,15,16). The predicted octanol–water partition coefficient (Wildman–Crippen LogP) is 3.14. The normalized spacial score (nSPS) is 11.3. The summed E-state index contributed by atoms with van der Waals surface area (Å²) in [7, 11) is -3.83. The van der Waals surface area contributed by atoms with E-state index in [-0.39, 0.29) is 15.1 Å². The van der Waals surface area contributed by atoms with E-state index in [0.29, 0.717) is 16.3 Å². The van der Waals surface area contributed by atoms with Crippen molar-refractivity contribution in [2.75, 3.05) is 4.72 Å². The first-order valence-corrected chi connectivity index (χ1v) is 8.82. The Hall–Kier alpha value is -1.64. The first-order valence-electron chi connectivity index (χ1n) is 6.14. The second kappa shape index (κ2) is 6.23. The molecule has 1 heterocycles. The van der Waals surface area contributed by atoms with Gasteiger partial charge in [-0.25, -0.2) is 13.4 Å². The van der Waals surface area contributed by atoms with E-state index in [1.165, 1.54) is 13.0 Å². The monoisotopic (exact) mass is 360 g/mol. The molecule has 6 nitrogen and oxygen atoms in total. The van der Waals surface area contributed by atoms with E-state index < -0.39 is 16.0 Å². The van der Waals surface area contributed by atoms with Crippen molar-refractivity contribution < 1.29 is 17.9 Å². The Morgan fingerprint density at radius 2 is 2.05 bits per heavy atom. The molecule has 0 unspecified atom stereocenters. The molecule has 0 fully saturated rings. The van der Waals surface area contributed by atoms with E-state index >= 15 is 0 Å².